The number of benzene rings is 1. The van der Waals surface area contributed by atoms with E-state index in [1.165, 1.54) is 0 Å². The number of alkyl halides is 3. The van der Waals surface area contributed by atoms with Crippen molar-refractivity contribution < 1.29 is 20.0 Å². The summed E-state index contributed by atoms with van der Waals surface area (Å²) in [5.74, 6) is 0. The van der Waals surface area contributed by atoms with E-state index in [9.17, 15) is 13.2 Å². The van der Waals surface area contributed by atoms with Crippen LogP contribution in [0.1, 0.15) is 12.4 Å². The zero-order valence-corrected chi connectivity index (χ0v) is 8.94. The van der Waals surface area contributed by atoms with Gasteiger partial charge in [-0.3, -0.25) is 0 Å². The van der Waals surface area contributed by atoms with E-state index in [0.29, 0.717) is 4.68 Å². The number of hydrogen-bond acceptors (Lipinski definition) is 2. The van der Waals surface area contributed by atoms with E-state index in [1.807, 2.05) is 0 Å². The minimum atomic E-state index is -5.02. The van der Waals surface area contributed by atoms with Crippen molar-refractivity contribution in [2.75, 3.05) is 0 Å². The predicted molar refractivity (Wildman–Crippen MR) is 54.1 cm³/mol. The quantitative estimate of drug-likeness (QED) is 0.810. The third-order valence-corrected chi connectivity index (χ3v) is 1.86. The standard InChI is InChI=1S/C9H5BrF3N3/c10-8-5-16(15-14-8)7-3-1-6(2-4-7)9(11,12)13/h1-5H/i1D,2D,3D,4D,5D. The summed E-state index contributed by atoms with van der Waals surface area (Å²) in [4.78, 5) is 0. The van der Waals surface area contributed by atoms with Gasteiger partial charge in [0.25, 0.3) is 0 Å². The molecule has 0 radical (unpaired) electrons. The van der Waals surface area contributed by atoms with Crippen molar-refractivity contribution in [1.82, 2.24) is 15.0 Å². The highest BCUT2D eigenvalue weighted by Gasteiger charge is 2.29. The molecule has 2 aromatic rings. The van der Waals surface area contributed by atoms with Crippen molar-refractivity contribution in [3.05, 3.63) is 40.5 Å². The largest absolute Gasteiger partial charge is 0.416 e. The number of rotatable bonds is 1. The maximum atomic E-state index is 12.8. The van der Waals surface area contributed by atoms with Gasteiger partial charge in [0, 0.05) is 0 Å². The summed E-state index contributed by atoms with van der Waals surface area (Å²) < 4.78 is 76.7. The first-order valence-electron chi connectivity index (χ1n) is 6.33. The first kappa shape index (κ1) is 6.39. The van der Waals surface area contributed by atoms with E-state index in [-0.39, 0.29) is 4.60 Å². The third-order valence-electron chi connectivity index (χ3n) is 1.53. The molecule has 0 N–H and O–H groups in total. The topological polar surface area (TPSA) is 30.7 Å². The molecule has 0 aliphatic rings. The third kappa shape index (κ3) is 2.24. The molecule has 0 fully saturated rings. The Balaban J connectivity index is 2.86. The molecule has 0 spiro atoms. The van der Waals surface area contributed by atoms with Crippen LogP contribution >= 0.6 is 15.9 Å². The van der Waals surface area contributed by atoms with Crippen LogP contribution in [0.25, 0.3) is 5.69 Å². The van der Waals surface area contributed by atoms with Gasteiger partial charge < -0.3 is 0 Å². The maximum absolute atomic E-state index is 12.8. The average Bonchev–Trinajstić information content (AvgIpc) is 2.68. The normalized spacial score (nSPS) is 16.1. The van der Waals surface area contributed by atoms with Crippen LogP contribution in [0.4, 0.5) is 13.2 Å². The summed E-state index contributed by atoms with van der Waals surface area (Å²) >= 11 is 2.87. The van der Waals surface area contributed by atoms with Crippen molar-refractivity contribution in [3.8, 4) is 5.69 Å². The predicted octanol–water partition coefficient (Wildman–Crippen LogP) is 3.05. The first-order valence-corrected chi connectivity index (χ1v) is 4.62. The fourth-order valence-electron chi connectivity index (χ4n) is 0.870. The Hall–Kier alpha value is -1.37. The Kier molecular flexibility index (Phi) is 1.55. The van der Waals surface area contributed by atoms with E-state index < -0.39 is 47.8 Å². The second kappa shape index (κ2) is 3.89. The van der Waals surface area contributed by atoms with Crippen molar-refractivity contribution in [2.24, 2.45) is 0 Å². The lowest BCUT2D eigenvalue weighted by atomic mass is 10.2. The minimum Gasteiger partial charge on any atom is -0.220 e. The summed E-state index contributed by atoms with van der Waals surface area (Å²) in [7, 11) is 0. The van der Waals surface area contributed by atoms with Gasteiger partial charge in [0.1, 0.15) is 4.60 Å². The minimum absolute atomic E-state index is 0.0424. The molecular formula is C9H5BrF3N3. The summed E-state index contributed by atoms with van der Waals surface area (Å²) in [6.07, 6.45) is -5.43. The zero-order chi connectivity index (χ0) is 16.1. The Morgan fingerprint density at radius 1 is 1.25 bits per heavy atom. The molecule has 0 saturated carbocycles. The Bertz CT molecular complexity index is 701. The summed E-state index contributed by atoms with van der Waals surface area (Å²) in [6.45, 7) is 0. The van der Waals surface area contributed by atoms with Gasteiger partial charge in [0.15, 0.2) is 0 Å². The van der Waals surface area contributed by atoms with Gasteiger partial charge in [-0.1, -0.05) is 5.21 Å². The number of hydrogen-bond donors (Lipinski definition) is 0. The monoisotopic (exact) mass is 296 g/mol. The van der Waals surface area contributed by atoms with Gasteiger partial charge in [-0.25, -0.2) is 4.68 Å². The van der Waals surface area contributed by atoms with Crippen LogP contribution in [0, 0.1) is 0 Å². The fraction of sp³-hybridized carbons (Fsp3) is 0.111. The van der Waals surface area contributed by atoms with Crippen molar-refractivity contribution >= 4 is 15.9 Å². The SMILES string of the molecule is [2H]c1c([2H])c(C(F)(F)F)c([2H])c([2H])c1-n1nnc(Br)c1[2H]. The summed E-state index contributed by atoms with van der Waals surface area (Å²) in [6, 6.07) is -4.39. The molecule has 0 atom stereocenters. The molecule has 1 aromatic heterocycles. The van der Waals surface area contributed by atoms with Crippen LogP contribution in [0.3, 0.4) is 0 Å². The second-order valence-electron chi connectivity index (χ2n) is 2.63. The Morgan fingerprint density at radius 3 is 2.31 bits per heavy atom. The highest BCUT2D eigenvalue weighted by Crippen LogP contribution is 2.29. The van der Waals surface area contributed by atoms with E-state index in [4.69, 9.17) is 6.85 Å². The Labute approximate surface area is 104 Å². The molecule has 0 amide bonds. The Morgan fingerprint density at radius 2 is 1.88 bits per heavy atom. The summed E-state index contributed by atoms with van der Waals surface area (Å²) in [5, 5.41) is 6.86. The van der Waals surface area contributed by atoms with Gasteiger partial charge in [-0.05, 0) is 40.1 Å². The lowest BCUT2D eigenvalue weighted by Gasteiger charge is -2.06. The first-order chi connectivity index (χ1) is 9.57. The van der Waals surface area contributed by atoms with Crippen LogP contribution in [0.2, 0.25) is 0 Å². The molecule has 2 rings (SSSR count). The number of halogens is 4. The molecule has 0 saturated heterocycles. The molecule has 1 heterocycles. The molecule has 0 aliphatic heterocycles. The molecule has 0 aliphatic carbocycles. The van der Waals surface area contributed by atoms with Gasteiger partial charge >= 0.3 is 6.18 Å². The molecular weight excluding hydrogens is 287 g/mol. The van der Waals surface area contributed by atoms with E-state index >= 15 is 0 Å². The highest BCUT2D eigenvalue weighted by atomic mass is 79.9. The van der Waals surface area contributed by atoms with E-state index in [2.05, 4.69) is 26.2 Å². The smallest absolute Gasteiger partial charge is 0.220 e. The maximum Gasteiger partial charge on any atom is 0.416 e. The van der Waals surface area contributed by atoms with Gasteiger partial charge in [0.2, 0.25) is 0 Å². The van der Waals surface area contributed by atoms with E-state index in [0.717, 1.165) is 0 Å². The average molecular weight is 297 g/mol. The molecule has 16 heavy (non-hydrogen) atoms. The van der Waals surface area contributed by atoms with Crippen LogP contribution in [-0.4, -0.2) is 15.0 Å². The van der Waals surface area contributed by atoms with Crippen LogP contribution < -0.4 is 0 Å². The molecule has 1 aromatic carbocycles. The van der Waals surface area contributed by atoms with Gasteiger partial charge in [0.05, 0.1) is 24.3 Å². The van der Waals surface area contributed by atoms with Gasteiger partial charge in [-0.15, -0.1) is 5.10 Å². The molecule has 0 bridgehead atoms. The van der Waals surface area contributed by atoms with E-state index in [1.54, 1.807) is 0 Å². The van der Waals surface area contributed by atoms with Crippen LogP contribution in [0.5, 0.6) is 0 Å². The number of nitrogens with zero attached hydrogens (tertiary/aromatic N) is 3. The lowest BCUT2D eigenvalue weighted by Crippen LogP contribution is -2.05. The van der Waals surface area contributed by atoms with Crippen molar-refractivity contribution in [3.63, 3.8) is 0 Å². The molecule has 0 unspecified atom stereocenters. The summed E-state index contributed by atoms with van der Waals surface area (Å²) in [5.41, 5.74) is -2.23. The van der Waals surface area contributed by atoms with Gasteiger partial charge in [-0.2, -0.15) is 13.2 Å². The van der Waals surface area contributed by atoms with Crippen molar-refractivity contribution in [2.45, 2.75) is 6.18 Å². The van der Waals surface area contributed by atoms with Crippen LogP contribution in [0.15, 0.2) is 34.9 Å². The second-order valence-corrected chi connectivity index (χ2v) is 3.38. The molecule has 3 nitrogen and oxygen atoms in total. The fourth-order valence-corrected chi connectivity index (χ4v) is 1.11. The molecule has 84 valence electrons. The lowest BCUT2D eigenvalue weighted by molar-refractivity contribution is -0.137. The van der Waals surface area contributed by atoms with Crippen molar-refractivity contribution in [1.29, 1.82) is 0 Å². The number of aromatic nitrogens is 3. The molecule has 7 heteroatoms. The highest BCUT2D eigenvalue weighted by molar-refractivity contribution is 9.10. The zero-order valence-electron chi connectivity index (χ0n) is 12.4. The van der Waals surface area contributed by atoms with Crippen LogP contribution in [-0.2, 0) is 6.18 Å².